The maximum absolute atomic E-state index is 5.60. The normalized spacial score (nSPS) is 28.4. The first kappa shape index (κ1) is 13.7. The molecule has 2 atom stereocenters. The second-order valence-corrected chi connectivity index (χ2v) is 6.80. The van der Waals surface area contributed by atoms with E-state index in [4.69, 9.17) is 9.47 Å². The number of rotatable bonds is 6. The van der Waals surface area contributed by atoms with Crippen LogP contribution in [0, 0.1) is 0 Å². The zero-order chi connectivity index (χ0) is 11.9. The SMILES string of the molecule is CC(CNCC1CCCO1)SC1CCOCC1. The molecule has 0 aromatic carbocycles. The highest BCUT2D eigenvalue weighted by Crippen LogP contribution is 2.25. The fourth-order valence-electron chi connectivity index (χ4n) is 2.44. The molecule has 0 bridgehead atoms. The molecule has 2 rings (SSSR count). The van der Waals surface area contributed by atoms with Crippen LogP contribution in [0.15, 0.2) is 0 Å². The Labute approximate surface area is 109 Å². The minimum atomic E-state index is 0.468. The Morgan fingerprint density at radius 1 is 1.24 bits per heavy atom. The van der Waals surface area contributed by atoms with E-state index < -0.39 is 0 Å². The van der Waals surface area contributed by atoms with Crippen LogP contribution in [0.2, 0.25) is 0 Å². The molecule has 2 aliphatic rings. The summed E-state index contributed by atoms with van der Waals surface area (Å²) in [5, 5.41) is 5.04. The first-order valence-electron chi connectivity index (χ1n) is 6.90. The Kier molecular flexibility index (Phi) is 6.12. The number of hydrogen-bond donors (Lipinski definition) is 1. The van der Waals surface area contributed by atoms with Gasteiger partial charge in [-0.25, -0.2) is 0 Å². The average molecular weight is 259 g/mol. The van der Waals surface area contributed by atoms with Crippen LogP contribution in [-0.4, -0.2) is 49.5 Å². The summed E-state index contributed by atoms with van der Waals surface area (Å²) in [6, 6.07) is 0. The minimum absolute atomic E-state index is 0.468. The molecule has 0 aromatic rings. The van der Waals surface area contributed by atoms with Crippen molar-refractivity contribution in [1.82, 2.24) is 5.32 Å². The quantitative estimate of drug-likeness (QED) is 0.791. The molecule has 1 N–H and O–H groups in total. The highest BCUT2D eigenvalue weighted by Gasteiger charge is 2.18. The maximum atomic E-state index is 5.60. The van der Waals surface area contributed by atoms with E-state index in [1.807, 2.05) is 0 Å². The molecule has 2 aliphatic heterocycles. The number of thioether (sulfide) groups is 1. The number of nitrogens with one attached hydrogen (secondary N) is 1. The van der Waals surface area contributed by atoms with E-state index in [2.05, 4.69) is 24.0 Å². The lowest BCUT2D eigenvalue weighted by Crippen LogP contribution is -2.32. The van der Waals surface area contributed by atoms with Crippen molar-refractivity contribution >= 4 is 11.8 Å². The molecule has 0 amide bonds. The van der Waals surface area contributed by atoms with E-state index >= 15 is 0 Å². The first-order chi connectivity index (χ1) is 8.34. The Hall–Kier alpha value is 0.230. The van der Waals surface area contributed by atoms with Crippen LogP contribution in [0.4, 0.5) is 0 Å². The third-order valence-corrected chi connectivity index (χ3v) is 4.91. The summed E-state index contributed by atoms with van der Waals surface area (Å²) < 4.78 is 11.0. The largest absolute Gasteiger partial charge is 0.381 e. The minimum Gasteiger partial charge on any atom is -0.381 e. The third kappa shape index (κ3) is 5.16. The van der Waals surface area contributed by atoms with Gasteiger partial charge in [-0.2, -0.15) is 11.8 Å². The predicted octanol–water partition coefficient (Wildman–Crippen LogP) is 2.06. The molecular weight excluding hydrogens is 234 g/mol. The fourth-order valence-corrected chi connectivity index (χ4v) is 3.78. The standard InChI is InChI=1S/C13H25NO2S/c1-11(17-13-4-7-15-8-5-13)9-14-10-12-3-2-6-16-12/h11-14H,2-10H2,1H3. The van der Waals surface area contributed by atoms with Crippen molar-refractivity contribution in [3.8, 4) is 0 Å². The summed E-state index contributed by atoms with van der Waals surface area (Å²) in [7, 11) is 0. The summed E-state index contributed by atoms with van der Waals surface area (Å²) in [5.41, 5.74) is 0. The molecule has 0 aliphatic carbocycles. The van der Waals surface area contributed by atoms with E-state index in [1.165, 1.54) is 25.7 Å². The second-order valence-electron chi connectivity index (χ2n) is 5.05. The van der Waals surface area contributed by atoms with Gasteiger partial charge in [0.15, 0.2) is 0 Å². The summed E-state index contributed by atoms with van der Waals surface area (Å²) in [6.07, 6.45) is 5.38. The molecule has 0 radical (unpaired) electrons. The van der Waals surface area contributed by atoms with E-state index in [-0.39, 0.29) is 0 Å². The Morgan fingerprint density at radius 3 is 2.76 bits per heavy atom. The van der Waals surface area contributed by atoms with Crippen molar-refractivity contribution < 1.29 is 9.47 Å². The van der Waals surface area contributed by atoms with Crippen LogP contribution in [0.3, 0.4) is 0 Å². The van der Waals surface area contributed by atoms with Gasteiger partial charge in [-0.1, -0.05) is 6.92 Å². The second kappa shape index (κ2) is 7.62. The molecule has 0 saturated carbocycles. The number of ether oxygens (including phenoxy) is 2. The van der Waals surface area contributed by atoms with Gasteiger partial charge in [-0.15, -0.1) is 0 Å². The number of hydrogen-bond acceptors (Lipinski definition) is 4. The summed E-state index contributed by atoms with van der Waals surface area (Å²) in [5.74, 6) is 0. The van der Waals surface area contributed by atoms with Crippen molar-refractivity contribution in [3.63, 3.8) is 0 Å². The zero-order valence-electron chi connectivity index (χ0n) is 10.8. The lowest BCUT2D eigenvalue weighted by molar-refractivity contribution is 0.0999. The molecule has 2 heterocycles. The van der Waals surface area contributed by atoms with Crippen LogP contribution in [0.1, 0.15) is 32.6 Å². The van der Waals surface area contributed by atoms with E-state index in [0.717, 1.165) is 38.2 Å². The molecule has 0 aromatic heterocycles. The third-order valence-electron chi connectivity index (χ3n) is 3.42. The fraction of sp³-hybridized carbons (Fsp3) is 1.00. The van der Waals surface area contributed by atoms with Crippen molar-refractivity contribution in [2.75, 3.05) is 32.9 Å². The van der Waals surface area contributed by atoms with Crippen LogP contribution in [-0.2, 0) is 9.47 Å². The van der Waals surface area contributed by atoms with Crippen molar-refractivity contribution in [2.45, 2.75) is 49.2 Å². The van der Waals surface area contributed by atoms with Gasteiger partial charge in [-0.05, 0) is 25.7 Å². The van der Waals surface area contributed by atoms with Gasteiger partial charge in [-0.3, -0.25) is 0 Å². The van der Waals surface area contributed by atoms with Crippen LogP contribution in [0.25, 0.3) is 0 Å². The van der Waals surface area contributed by atoms with Crippen molar-refractivity contribution in [3.05, 3.63) is 0 Å². The summed E-state index contributed by atoms with van der Waals surface area (Å²) >= 11 is 2.12. The highest BCUT2D eigenvalue weighted by atomic mass is 32.2. The maximum Gasteiger partial charge on any atom is 0.0700 e. The van der Waals surface area contributed by atoms with Crippen molar-refractivity contribution in [1.29, 1.82) is 0 Å². The molecule has 100 valence electrons. The smallest absolute Gasteiger partial charge is 0.0700 e. The Morgan fingerprint density at radius 2 is 2.06 bits per heavy atom. The van der Waals surface area contributed by atoms with Gasteiger partial charge >= 0.3 is 0 Å². The Balaban J connectivity index is 1.52. The van der Waals surface area contributed by atoms with E-state index in [9.17, 15) is 0 Å². The molecule has 0 spiro atoms. The van der Waals surface area contributed by atoms with Gasteiger partial charge in [0.25, 0.3) is 0 Å². The summed E-state index contributed by atoms with van der Waals surface area (Å²) in [6.45, 7) is 7.31. The van der Waals surface area contributed by atoms with Crippen LogP contribution in [0.5, 0.6) is 0 Å². The predicted molar refractivity (Wildman–Crippen MR) is 72.7 cm³/mol. The van der Waals surface area contributed by atoms with Gasteiger partial charge in [0, 0.05) is 43.4 Å². The van der Waals surface area contributed by atoms with Gasteiger partial charge in [0.2, 0.25) is 0 Å². The molecule has 17 heavy (non-hydrogen) atoms. The average Bonchev–Trinajstić information content (AvgIpc) is 2.83. The Bertz CT molecular complexity index is 204. The summed E-state index contributed by atoms with van der Waals surface area (Å²) in [4.78, 5) is 0. The van der Waals surface area contributed by atoms with Gasteiger partial charge in [0.05, 0.1) is 6.10 Å². The van der Waals surface area contributed by atoms with Crippen LogP contribution >= 0.6 is 11.8 Å². The lowest BCUT2D eigenvalue weighted by Gasteiger charge is -2.25. The molecular formula is C13H25NO2S. The molecule has 2 fully saturated rings. The molecule has 2 unspecified atom stereocenters. The van der Waals surface area contributed by atoms with Crippen molar-refractivity contribution in [2.24, 2.45) is 0 Å². The molecule has 4 heteroatoms. The van der Waals surface area contributed by atoms with E-state index in [1.54, 1.807) is 0 Å². The topological polar surface area (TPSA) is 30.5 Å². The van der Waals surface area contributed by atoms with Gasteiger partial charge in [0.1, 0.15) is 0 Å². The first-order valence-corrected chi connectivity index (χ1v) is 7.84. The molecule has 2 saturated heterocycles. The van der Waals surface area contributed by atoms with E-state index in [0.29, 0.717) is 11.4 Å². The molecule has 3 nitrogen and oxygen atoms in total. The monoisotopic (exact) mass is 259 g/mol. The zero-order valence-corrected chi connectivity index (χ0v) is 11.6. The lowest BCUT2D eigenvalue weighted by atomic mass is 10.2. The van der Waals surface area contributed by atoms with Crippen LogP contribution < -0.4 is 5.32 Å². The highest BCUT2D eigenvalue weighted by molar-refractivity contribution is 8.00. The van der Waals surface area contributed by atoms with Gasteiger partial charge < -0.3 is 14.8 Å².